The summed E-state index contributed by atoms with van der Waals surface area (Å²) in [7, 11) is 0. The van der Waals surface area contributed by atoms with E-state index < -0.39 is 0 Å². The standard InChI is InChI=1S/C13H26O/c1-4-6-12(5-2)14-13-9-7-11(3)8-10-13/h11-13H,4-10H2,1-3H3. The summed E-state index contributed by atoms with van der Waals surface area (Å²) in [6, 6.07) is 0. The fourth-order valence-electron chi connectivity index (χ4n) is 2.33. The van der Waals surface area contributed by atoms with Gasteiger partial charge in [0.15, 0.2) is 0 Å². The fourth-order valence-corrected chi connectivity index (χ4v) is 2.33. The first-order chi connectivity index (χ1) is 6.76. The monoisotopic (exact) mass is 198 g/mol. The molecule has 1 rings (SSSR count). The predicted octanol–water partition coefficient (Wildman–Crippen LogP) is 4.16. The van der Waals surface area contributed by atoms with E-state index in [0.717, 1.165) is 5.92 Å². The van der Waals surface area contributed by atoms with Gasteiger partial charge in [0, 0.05) is 0 Å². The molecule has 0 heterocycles. The molecule has 0 bridgehead atoms. The normalized spacial score (nSPS) is 30.2. The van der Waals surface area contributed by atoms with Crippen molar-refractivity contribution < 1.29 is 4.74 Å². The van der Waals surface area contributed by atoms with Gasteiger partial charge >= 0.3 is 0 Å². The van der Waals surface area contributed by atoms with E-state index in [1.54, 1.807) is 0 Å². The first-order valence-corrected chi connectivity index (χ1v) is 6.41. The molecule has 1 fully saturated rings. The molecular formula is C13H26O. The molecule has 1 saturated carbocycles. The highest BCUT2D eigenvalue weighted by molar-refractivity contribution is 4.71. The van der Waals surface area contributed by atoms with Crippen molar-refractivity contribution in [3.05, 3.63) is 0 Å². The summed E-state index contributed by atoms with van der Waals surface area (Å²) in [4.78, 5) is 0. The van der Waals surface area contributed by atoms with E-state index in [2.05, 4.69) is 20.8 Å². The van der Waals surface area contributed by atoms with Gasteiger partial charge in [0.2, 0.25) is 0 Å². The van der Waals surface area contributed by atoms with Crippen molar-refractivity contribution >= 4 is 0 Å². The topological polar surface area (TPSA) is 9.23 Å². The van der Waals surface area contributed by atoms with Crippen molar-refractivity contribution in [3.63, 3.8) is 0 Å². The third kappa shape index (κ3) is 4.00. The molecule has 0 aromatic carbocycles. The van der Waals surface area contributed by atoms with Gasteiger partial charge in [0.05, 0.1) is 12.2 Å². The van der Waals surface area contributed by atoms with E-state index in [9.17, 15) is 0 Å². The van der Waals surface area contributed by atoms with Gasteiger partial charge in [-0.25, -0.2) is 0 Å². The van der Waals surface area contributed by atoms with Crippen LogP contribution in [0.1, 0.15) is 65.7 Å². The highest BCUT2D eigenvalue weighted by Crippen LogP contribution is 2.27. The predicted molar refractivity (Wildman–Crippen MR) is 61.5 cm³/mol. The molecule has 0 aromatic heterocycles. The van der Waals surface area contributed by atoms with Crippen molar-refractivity contribution in [1.82, 2.24) is 0 Å². The van der Waals surface area contributed by atoms with Crippen LogP contribution in [0.2, 0.25) is 0 Å². The van der Waals surface area contributed by atoms with Crippen molar-refractivity contribution in [2.45, 2.75) is 77.9 Å². The summed E-state index contributed by atoms with van der Waals surface area (Å²) in [5.41, 5.74) is 0. The lowest BCUT2D eigenvalue weighted by atomic mass is 9.89. The van der Waals surface area contributed by atoms with Crippen LogP contribution in [0.25, 0.3) is 0 Å². The first-order valence-electron chi connectivity index (χ1n) is 6.41. The molecule has 1 aliphatic carbocycles. The zero-order valence-corrected chi connectivity index (χ0v) is 10.1. The maximum absolute atomic E-state index is 6.13. The summed E-state index contributed by atoms with van der Waals surface area (Å²) < 4.78 is 6.13. The second-order valence-corrected chi connectivity index (χ2v) is 4.84. The third-order valence-electron chi connectivity index (χ3n) is 3.41. The summed E-state index contributed by atoms with van der Waals surface area (Å²) in [5.74, 6) is 0.932. The molecule has 1 atom stereocenters. The molecule has 0 radical (unpaired) electrons. The van der Waals surface area contributed by atoms with Gasteiger partial charge in [-0.05, 0) is 44.4 Å². The molecule has 0 N–H and O–H groups in total. The molecular weight excluding hydrogens is 172 g/mol. The van der Waals surface area contributed by atoms with Crippen LogP contribution in [0.3, 0.4) is 0 Å². The average Bonchev–Trinajstić information content (AvgIpc) is 2.20. The molecule has 84 valence electrons. The maximum atomic E-state index is 6.13. The Bertz CT molecular complexity index is 136. The zero-order chi connectivity index (χ0) is 10.4. The van der Waals surface area contributed by atoms with Gasteiger partial charge in [0.1, 0.15) is 0 Å². The second kappa shape index (κ2) is 6.44. The third-order valence-corrected chi connectivity index (χ3v) is 3.41. The smallest absolute Gasteiger partial charge is 0.0579 e. The van der Waals surface area contributed by atoms with Crippen LogP contribution in [0.4, 0.5) is 0 Å². The van der Waals surface area contributed by atoms with E-state index >= 15 is 0 Å². The van der Waals surface area contributed by atoms with Crippen molar-refractivity contribution in [3.8, 4) is 0 Å². The Kier molecular flexibility index (Phi) is 5.54. The van der Waals surface area contributed by atoms with E-state index in [1.807, 2.05) is 0 Å². The average molecular weight is 198 g/mol. The summed E-state index contributed by atoms with van der Waals surface area (Å²) >= 11 is 0. The van der Waals surface area contributed by atoms with Crippen LogP contribution >= 0.6 is 0 Å². The van der Waals surface area contributed by atoms with Crippen LogP contribution in [-0.2, 0) is 4.74 Å². The Hall–Kier alpha value is -0.0400. The minimum atomic E-state index is 0.526. The highest BCUT2D eigenvalue weighted by atomic mass is 16.5. The van der Waals surface area contributed by atoms with Gasteiger partial charge in [-0.1, -0.05) is 27.2 Å². The van der Waals surface area contributed by atoms with Crippen molar-refractivity contribution in [2.75, 3.05) is 0 Å². The molecule has 1 heteroatoms. The summed E-state index contributed by atoms with van der Waals surface area (Å²) in [6.45, 7) is 6.85. The Morgan fingerprint density at radius 1 is 1.14 bits per heavy atom. The summed E-state index contributed by atoms with van der Waals surface area (Å²) in [5, 5.41) is 0. The van der Waals surface area contributed by atoms with Crippen LogP contribution in [0.5, 0.6) is 0 Å². The SMILES string of the molecule is CCCC(CC)OC1CCC(C)CC1. The minimum absolute atomic E-state index is 0.526. The lowest BCUT2D eigenvalue weighted by Crippen LogP contribution is -2.25. The summed E-state index contributed by atoms with van der Waals surface area (Å²) in [6.07, 6.45) is 10.1. The molecule has 0 amide bonds. The van der Waals surface area contributed by atoms with E-state index in [1.165, 1.54) is 44.9 Å². The Balaban J connectivity index is 2.21. The Morgan fingerprint density at radius 2 is 1.79 bits per heavy atom. The lowest BCUT2D eigenvalue weighted by molar-refractivity contribution is -0.0404. The van der Waals surface area contributed by atoms with Gasteiger partial charge < -0.3 is 4.74 Å². The first kappa shape index (κ1) is 12.0. The molecule has 1 aliphatic rings. The molecule has 1 unspecified atom stereocenters. The van der Waals surface area contributed by atoms with Crippen LogP contribution < -0.4 is 0 Å². The van der Waals surface area contributed by atoms with Gasteiger partial charge in [-0.2, -0.15) is 0 Å². The van der Waals surface area contributed by atoms with E-state index in [4.69, 9.17) is 4.74 Å². The molecule has 0 saturated heterocycles. The fraction of sp³-hybridized carbons (Fsp3) is 1.00. The van der Waals surface area contributed by atoms with Gasteiger partial charge in [0.25, 0.3) is 0 Å². The van der Waals surface area contributed by atoms with Gasteiger partial charge in [-0.15, -0.1) is 0 Å². The molecule has 0 aliphatic heterocycles. The zero-order valence-electron chi connectivity index (χ0n) is 10.1. The van der Waals surface area contributed by atoms with Crippen LogP contribution in [-0.4, -0.2) is 12.2 Å². The van der Waals surface area contributed by atoms with Crippen molar-refractivity contribution in [1.29, 1.82) is 0 Å². The number of ether oxygens (including phenoxy) is 1. The van der Waals surface area contributed by atoms with Crippen LogP contribution in [0, 0.1) is 5.92 Å². The van der Waals surface area contributed by atoms with Crippen LogP contribution in [0.15, 0.2) is 0 Å². The van der Waals surface area contributed by atoms with E-state index in [-0.39, 0.29) is 0 Å². The molecule has 1 nitrogen and oxygen atoms in total. The molecule has 14 heavy (non-hydrogen) atoms. The largest absolute Gasteiger partial charge is 0.375 e. The Labute approximate surface area is 89.2 Å². The number of rotatable bonds is 5. The van der Waals surface area contributed by atoms with Crippen molar-refractivity contribution in [2.24, 2.45) is 5.92 Å². The molecule has 0 aromatic rings. The number of hydrogen-bond acceptors (Lipinski definition) is 1. The lowest BCUT2D eigenvalue weighted by Gasteiger charge is -2.29. The quantitative estimate of drug-likeness (QED) is 0.644. The second-order valence-electron chi connectivity index (χ2n) is 4.84. The Morgan fingerprint density at radius 3 is 2.29 bits per heavy atom. The van der Waals surface area contributed by atoms with E-state index in [0.29, 0.717) is 12.2 Å². The molecule has 0 spiro atoms. The van der Waals surface area contributed by atoms with Gasteiger partial charge in [-0.3, -0.25) is 0 Å². The highest BCUT2D eigenvalue weighted by Gasteiger charge is 2.20. The minimum Gasteiger partial charge on any atom is -0.375 e. The maximum Gasteiger partial charge on any atom is 0.0579 e. The number of hydrogen-bond donors (Lipinski definition) is 0.